The predicted octanol–water partition coefficient (Wildman–Crippen LogP) is 4.77. The molecule has 0 fully saturated rings. The number of pyridine rings is 1. The minimum atomic E-state index is -0.442. The maximum absolute atomic E-state index is 12.5. The van der Waals surface area contributed by atoms with Crippen LogP contribution in [0.5, 0.6) is 0 Å². The molecule has 4 rings (SSSR count). The van der Waals surface area contributed by atoms with Crippen molar-refractivity contribution in [1.82, 2.24) is 10.1 Å². The quantitative estimate of drug-likeness (QED) is 0.352. The van der Waals surface area contributed by atoms with Crippen molar-refractivity contribution in [2.45, 2.75) is 24.3 Å². The molecule has 0 aliphatic rings. The third-order valence-corrected chi connectivity index (χ3v) is 4.89. The van der Waals surface area contributed by atoms with Gasteiger partial charge in [-0.25, -0.2) is 9.78 Å². The summed E-state index contributed by atoms with van der Waals surface area (Å²) in [4.78, 5) is 16.8. The van der Waals surface area contributed by atoms with Crippen LogP contribution < -0.4 is 0 Å². The van der Waals surface area contributed by atoms with Gasteiger partial charge in [-0.1, -0.05) is 35.1 Å². The Labute approximate surface area is 159 Å². The maximum atomic E-state index is 12.5. The lowest BCUT2D eigenvalue weighted by atomic mass is 10.2. The summed E-state index contributed by atoms with van der Waals surface area (Å²) in [7, 11) is 0. The summed E-state index contributed by atoms with van der Waals surface area (Å²) in [5, 5.41) is 5.52. The summed E-state index contributed by atoms with van der Waals surface area (Å²) in [6, 6.07) is 14.8. The molecule has 0 atom stereocenters. The monoisotopic (exact) mass is 380 g/mol. The number of fused-ring (bicyclic) bond motifs is 1. The van der Waals surface area contributed by atoms with Crippen LogP contribution in [0.2, 0.25) is 0 Å². The van der Waals surface area contributed by atoms with Crippen LogP contribution in [0.15, 0.2) is 68.7 Å². The number of para-hydroxylation sites is 1. The first-order valence-electron chi connectivity index (χ1n) is 8.33. The molecule has 0 bridgehead atoms. The summed E-state index contributed by atoms with van der Waals surface area (Å²) in [6.07, 6.45) is 1.65. The SMILES string of the molecule is Cc1cc(CSc2ncccc2C(=O)OCc2cc3ccccc3o2)no1. The number of ether oxygens (including phenoxy) is 1. The van der Waals surface area contributed by atoms with Crippen LogP contribution in [0, 0.1) is 6.92 Å². The molecular formula is C20H16N2O4S. The second-order valence-electron chi connectivity index (χ2n) is 5.90. The van der Waals surface area contributed by atoms with Gasteiger partial charge in [-0.2, -0.15) is 0 Å². The van der Waals surface area contributed by atoms with Crippen molar-refractivity contribution < 1.29 is 18.5 Å². The lowest BCUT2D eigenvalue weighted by molar-refractivity contribution is 0.0442. The lowest BCUT2D eigenvalue weighted by Gasteiger charge is -2.07. The van der Waals surface area contributed by atoms with Gasteiger partial charge < -0.3 is 13.7 Å². The second-order valence-corrected chi connectivity index (χ2v) is 6.86. The number of thioether (sulfide) groups is 1. The molecule has 6 nitrogen and oxygen atoms in total. The number of furan rings is 1. The highest BCUT2D eigenvalue weighted by molar-refractivity contribution is 7.98. The number of rotatable bonds is 6. The van der Waals surface area contributed by atoms with Crippen LogP contribution in [-0.2, 0) is 17.1 Å². The number of carbonyl (C=O) groups is 1. The van der Waals surface area contributed by atoms with E-state index >= 15 is 0 Å². The van der Waals surface area contributed by atoms with Gasteiger partial charge in [-0.05, 0) is 31.2 Å². The molecule has 3 aromatic heterocycles. The minimum Gasteiger partial charge on any atom is -0.457 e. The predicted molar refractivity (Wildman–Crippen MR) is 100 cm³/mol. The van der Waals surface area contributed by atoms with Gasteiger partial charge in [0.2, 0.25) is 0 Å². The molecule has 1 aromatic carbocycles. The van der Waals surface area contributed by atoms with Crippen molar-refractivity contribution in [2.24, 2.45) is 0 Å². The highest BCUT2D eigenvalue weighted by Gasteiger charge is 2.16. The molecule has 4 aromatic rings. The highest BCUT2D eigenvalue weighted by Crippen LogP contribution is 2.25. The highest BCUT2D eigenvalue weighted by atomic mass is 32.2. The second kappa shape index (κ2) is 7.67. The van der Waals surface area contributed by atoms with Crippen molar-refractivity contribution in [3.05, 3.63) is 77.5 Å². The fraction of sp³-hybridized carbons (Fsp3) is 0.150. The number of nitrogens with zero attached hydrogens (tertiary/aromatic N) is 2. The van der Waals surface area contributed by atoms with Crippen molar-refractivity contribution in [1.29, 1.82) is 0 Å². The van der Waals surface area contributed by atoms with Crippen LogP contribution in [0.4, 0.5) is 0 Å². The van der Waals surface area contributed by atoms with E-state index in [1.165, 1.54) is 11.8 Å². The molecule has 7 heteroatoms. The van der Waals surface area contributed by atoms with Gasteiger partial charge in [0.05, 0.1) is 11.3 Å². The molecule has 3 heterocycles. The molecule has 0 saturated carbocycles. The minimum absolute atomic E-state index is 0.0645. The number of aromatic nitrogens is 2. The smallest absolute Gasteiger partial charge is 0.341 e. The van der Waals surface area contributed by atoms with Gasteiger partial charge in [0, 0.05) is 23.4 Å². The van der Waals surface area contributed by atoms with E-state index < -0.39 is 5.97 Å². The van der Waals surface area contributed by atoms with E-state index in [-0.39, 0.29) is 6.61 Å². The first kappa shape index (κ1) is 17.4. The van der Waals surface area contributed by atoms with Crippen molar-refractivity contribution in [3.8, 4) is 0 Å². The molecule has 0 radical (unpaired) electrons. The van der Waals surface area contributed by atoms with Crippen LogP contribution in [0.3, 0.4) is 0 Å². The Hall–Kier alpha value is -3.06. The van der Waals surface area contributed by atoms with E-state index in [2.05, 4.69) is 10.1 Å². The summed E-state index contributed by atoms with van der Waals surface area (Å²) < 4.78 is 16.2. The Morgan fingerprint density at radius 2 is 2.07 bits per heavy atom. The number of hydrogen-bond acceptors (Lipinski definition) is 7. The first-order valence-corrected chi connectivity index (χ1v) is 9.32. The average Bonchev–Trinajstić information content (AvgIpc) is 3.30. The Bertz CT molecular complexity index is 1050. The molecule has 0 unspecified atom stereocenters. The standard InChI is InChI=1S/C20H16N2O4S/c1-13-9-15(22-26-13)12-27-19-17(6-4-8-21-19)20(23)24-11-16-10-14-5-2-3-7-18(14)25-16/h2-10H,11-12H2,1H3. The van der Waals surface area contributed by atoms with Gasteiger partial charge in [-0.15, -0.1) is 0 Å². The van der Waals surface area contributed by atoms with Gasteiger partial charge in [0.25, 0.3) is 0 Å². The molecule has 0 aliphatic carbocycles. The Morgan fingerprint density at radius 3 is 2.89 bits per heavy atom. The van der Waals surface area contributed by atoms with E-state index in [9.17, 15) is 4.79 Å². The van der Waals surface area contributed by atoms with Crippen LogP contribution in [0.25, 0.3) is 11.0 Å². The Morgan fingerprint density at radius 1 is 1.19 bits per heavy atom. The van der Waals surface area contributed by atoms with E-state index in [0.29, 0.717) is 22.1 Å². The Kier molecular flexibility index (Phi) is 4.93. The van der Waals surface area contributed by atoms with Crippen molar-refractivity contribution >= 4 is 28.7 Å². The summed E-state index contributed by atoms with van der Waals surface area (Å²) in [5.41, 5.74) is 1.98. The van der Waals surface area contributed by atoms with E-state index in [0.717, 1.165) is 22.4 Å². The fourth-order valence-electron chi connectivity index (χ4n) is 2.61. The number of carbonyl (C=O) groups excluding carboxylic acids is 1. The number of hydrogen-bond donors (Lipinski definition) is 0. The summed E-state index contributed by atoms with van der Waals surface area (Å²) in [6.45, 7) is 1.90. The van der Waals surface area contributed by atoms with E-state index in [1.54, 1.807) is 18.3 Å². The van der Waals surface area contributed by atoms with Gasteiger partial charge in [-0.3, -0.25) is 0 Å². The largest absolute Gasteiger partial charge is 0.457 e. The van der Waals surface area contributed by atoms with Crippen molar-refractivity contribution in [3.63, 3.8) is 0 Å². The Balaban J connectivity index is 1.43. The first-order chi connectivity index (χ1) is 13.2. The van der Waals surface area contributed by atoms with Crippen LogP contribution >= 0.6 is 11.8 Å². The summed E-state index contributed by atoms with van der Waals surface area (Å²) in [5.74, 6) is 1.46. The number of benzene rings is 1. The molecule has 0 aliphatic heterocycles. The number of aryl methyl sites for hydroxylation is 1. The maximum Gasteiger partial charge on any atom is 0.341 e. The van der Waals surface area contributed by atoms with E-state index in [4.69, 9.17) is 13.7 Å². The summed E-state index contributed by atoms with van der Waals surface area (Å²) >= 11 is 1.41. The van der Waals surface area contributed by atoms with Crippen LogP contribution in [0.1, 0.15) is 27.6 Å². The zero-order chi connectivity index (χ0) is 18.6. The topological polar surface area (TPSA) is 78.4 Å². The normalized spacial score (nSPS) is 11.0. The lowest BCUT2D eigenvalue weighted by Crippen LogP contribution is -2.07. The third-order valence-electron chi connectivity index (χ3n) is 3.85. The van der Waals surface area contributed by atoms with Gasteiger partial charge >= 0.3 is 5.97 Å². The zero-order valence-corrected chi connectivity index (χ0v) is 15.4. The molecule has 0 N–H and O–H groups in total. The van der Waals surface area contributed by atoms with Crippen molar-refractivity contribution in [2.75, 3.05) is 0 Å². The molecule has 0 saturated heterocycles. The average molecular weight is 380 g/mol. The van der Waals surface area contributed by atoms with Gasteiger partial charge in [0.1, 0.15) is 28.7 Å². The van der Waals surface area contributed by atoms with Crippen LogP contribution in [-0.4, -0.2) is 16.1 Å². The molecule has 27 heavy (non-hydrogen) atoms. The molecular weight excluding hydrogens is 364 g/mol. The zero-order valence-electron chi connectivity index (χ0n) is 14.5. The molecule has 0 spiro atoms. The third kappa shape index (κ3) is 4.03. The number of esters is 1. The molecule has 0 amide bonds. The van der Waals surface area contributed by atoms with Gasteiger partial charge in [0.15, 0.2) is 0 Å². The molecule has 136 valence electrons. The fourth-order valence-corrected chi connectivity index (χ4v) is 3.47. The van der Waals surface area contributed by atoms with E-state index in [1.807, 2.05) is 43.3 Å².